The van der Waals surface area contributed by atoms with Crippen molar-refractivity contribution >= 4 is 5.91 Å². The molecule has 0 aromatic heterocycles. The summed E-state index contributed by atoms with van der Waals surface area (Å²) in [4.78, 5) is 13.8. The van der Waals surface area contributed by atoms with E-state index >= 15 is 0 Å². The number of amides is 1. The molecule has 1 amide bonds. The van der Waals surface area contributed by atoms with Crippen molar-refractivity contribution in [3.8, 4) is 6.07 Å². The molecule has 0 aromatic rings. The highest BCUT2D eigenvalue weighted by Crippen LogP contribution is 2.20. The van der Waals surface area contributed by atoms with Gasteiger partial charge in [0.05, 0.1) is 6.07 Å². The maximum absolute atomic E-state index is 12.1. The van der Waals surface area contributed by atoms with Crippen LogP contribution in [0.5, 0.6) is 0 Å². The molecule has 2 atom stereocenters. The Kier molecular flexibility index (Phi) is 5.43. The first kappa shape index (κ1) is 14.0. The first-order chi connectivity index (χ1) is 8.13. The summed E-state index contributed by atoms with van der Waals surface area (Å²) in [6.45, 7) is 4.92. The molecule has 1 rings (SSSR count). The first-order valence-corrected chi connectivity index (χ1v) is 6.58. The second-order valence-corrected chi connectivity index (χ2v) is 4.82. The minimum Gasteiger partial charge on any atom is -0.327 e. The van der Waals surface area contributed by atoms with Crippen LogP contribution in [-0.4, -0.2) is 29.4 Å². The van der Waals surface area contributed by atoms with Crippen LogP contribution in [0.3, 0.4) is 0 Å². The highest BCUT2D eigenvalue weighted by atomic mass is 16.2. The molecule has 0 aliphatic carbocycles. The summed E-state index contributed by atoms with van der Waals surface area (Å²) < 4.78 is 0. The quantitative estimate of drug-likeness (QED) is 0.790. The lowest BCUT2D eigenvalue weighted by atomic mass is 9.92. The van der Waals surface area contributed by atoms with Gasteiger partial charge in [-0.1, -0.05) is 26.7 Å². The molecule has 1 heterocycles. The molecule has 4 nitrogen and oxygen atoms in total. The molecule has 0 bridgehead atoms. The third-order valence-electron chi connectivity index (χ3n) is 3.79. The second-order valence-electron chi connectivity index (χ2n) is 4.82. The van der Waals surface area contributed by atoms with E-state index in [-0.39, 0.29) is 18.0 Å². The zero-order valence-electron chi connectivity index (χ0n) is 10.9. The van der Waals surface area contributed by atoms with Crippen LogP contribution in [0.2, 0.25) is 0 Å². The number of carbonyl (C=O) groups excluding carboxylic acids is 1. The van der Waals surface area contributed by atoms with E-state index in [9.17, 15) is 4.79 Å². The summed E-state index contributed by atoms with van der Waals surface area (Å²) in [5, 5.41) is 8.95. The Labute approximate surface area is 104 Å². The number of hydrogen-bond donors (Lipinski definition) is 1. The highest BCUT2D eigenvalue weighted by molar-refractivity contribution is 5.77. The van der Waals surface area contributed by atoms with Gasteiger partial charge in [0.25, 0.3) is 0 Å². The molecule has 0 spiro atoms. The normalized spacial score (nSPS) is 21.6. The van der Waals surface area contributed by atoms with Gasteiger partial charge in [-0.3, -0.25) is 4.79 Å². The fourth-order valence-electron chi connectivity index (χ4n) is 2.58. The lowest BCUT2D eigenvalue weighted by molar-refractivity contribution is -0.131. The van der Waals surface area contributed by atoms with E-state index in [2.05, 4.69) is 19.9 Å². The van der Waals surface area contributed by atoms with Crippen LogP contribution < -0.4 is 5.73 Å². The largest absolute Gasteiger partial charge is 0.327 e. The van der Waals surface area contributed by atoms with Gasteiger partial charge in [0, 0.05) is 19.0 Å². The Hall–Kier alpha value is -1.08. The molecule has 1 aliphatic heterocycles. The van der Waals surface area contributed by atoms with Gasteiger partial charge in [0.2, 0.25) is 5.91 Å². The topological polar surface area (TPSA) is 70.1 Å². The Morgan fingerprint density at radius 1 is 1.53 bits per heavy atom. The lowest BCUT2D eigenvalue weighted by Crippen LogP contribution is -2.40. The average Bonchev–Trinajstić information content (AvgIpc) is 2.78. The van der Waals surface area contributed by atoms with Crippen molar-refractivity contribution in [2.45, 2.75) is 58.0 Å². The summed E-state index contributed by atoms with van der Waals surface area (Å²) in [6.07, 6.45) is 4.14. The maximum Gasteiger partial charge on any atom is 0.225 e. The average molecular weight is 237 g/mol. The van der Waals surface area contributed by atoms with Crippen molar-refractivity contribution in [3.05, 3.63) is 0 Å². The summed E-state index contributed by atoms with van der Waals surface area (Å²) in [6, 6.07) is 1.89. The van der Waals surface area contributed by atoms with Gasteiger partial charge in [-0.05, 0) is 18.8 Å². The van der Waals surface area contributed by atoms with E-state index in [0.717, 1.165) is 25.7 Å². The summed E-state index contributed by atoms with van der Waals surface area (Å²) in [7, 11) is 0. The van der Waals surface area contributed by atoms with Crippen LogP contribution in [0.1, 0.15) is 46.0 Å². The zero-order valence-corrected chi connectivity index (χ0v) is 10.9. The van der Waals surface area contributed by atoms with E-state index in [1.54, 1.807) is 4.90 Å². The van der Waals surface area contributed by atoms with Crippen molar-refractivity contribution in [3.63, 3.8) is 0 Å². The first-order valence-electron chi connectivity index (χ1n) is 6.58. The smallest absolute Gasteiger partial charge is 0.225 e. The van der Waals surface area contributed by atoms with Crippen molar-refractivity contribution in [2.75, 3.05) is 6.54 Å². The minimum absolute atomic E-state index is 0.0495. The lowest BCUT2D eigenvalue weighted by Gasteiger charge is -2.25. The molecular formula is C13H23N3O. The van der Waals surface area contributed by atoms with Crippen LogP contribution in [-0.2, 0) is 4.79 Å². The molecule has 4 heteroatoms. The van der Waals surface area contributed by atoms with Gasteiger partial charge in [0.15, 0.2) is 0 Å². The van der Waals surface area contributed by atoms with Gasteiger partial charge in [-0.25, -0.2) is 0 Å². The summed E-state index contributed by atoms with van der Waals surface area (Å²) in [5.74, 6) is 0.454. The molecule has 96 valence electrons. The number of likely N-dealkylation sites (tertiary alicyclic amines) is 1. The molecule has 0 aromatic carbocycles. The fourth-order valence-corrected chi connectivity index (χ4v) is 2.58. The van der Waals surface area contributed by atoms with Crippen LogP contribution in [0.4, 0.5) is 0 Å². The predicted molar refractivity (Wildman–Crippen MR) is 67.0 cm³/mol. The van der Waals surface area contributed by atoms with Crippen molar-refractivity contribution < 1.29 is 4.79 Å². The van der Waals surface area contributed by atoms with E-state index in [1.165, 1.54) is 0 Å². The van der Waals surface area contributed by atoms with Crippen molar-refractivity contribution in [2.24, 2.45) is 11.7 Å². The Bertz CT molecular complexity index is 294. The van der Waals surface area contributed by atoms with Crippen molar-refractivity contribution in [1.82, 2.24) is 4.90 Å². The van der Waals surface area contributed by atoms with Crippen LogP contribution in [0, 0.1) is 17.2 Å². The number of rotatable bonds is 5. The predicted octanol–water partition coefficient (Wildman–Crippen LogP) is 1.65. The minimum atomic E-state index is -0.226. The maximum atomic E-state index is 12.1. The molecule has 2 N–H and O–H groups in total. The third kappa shape index (κ3) is 3.44. The molecule has 0 radical (unpaired) electrons. The molecule has 17 heavy (non-hydrogen) atoms. The van der Waals surface area contributed by atoms with E-state index < -0.39 is 0 Å². The Balaban J connectivity index is 2.51. The Morgan fingerprint density at radius 2 is 2.18 bits per heavy atom. The van der Waals surface area contributed by atoms with E-state index in [1.807, 2.05) is 0 Å². The van der Waals surface area contributed by atoms with E-state index in [4.69, 9.17) is 11.0 Å². The molecule has 1 aliphatic rings. The SMILES string of the molecule is CCC(CC)C(N)CC(=O)N1CCCC1C#N. The van der Waals surface area contributed by atoms with Gasteiger partial charge < -0.3 is 10.6 Å². The number of nitrogens with zero attached hydrogens (tertiary/aromatic N) is 2. The highest BCUT2D eigenvalue weighted by Gasteiger charge is 2.30. The molecular weight excluding hydrogens is 214 g/mol. The zero-order chi connectivity index (χ0) is 12.8. The Morgan fingerprint density at radius 3 is 2.71 bits per heavy atom. The molecule has 2 unspecified atom stereocenters. The summed E-state index contributed by atoms with van der Waals surface area (Å²) >= 11 is 0. The summed E-state index contributed by atoms with van der Waals surface area (Å²) in [5.41, 5.74) is 6.06. The second kappa shape index (κ2) is 6.61. The van der Waals surface area contributed by atoms with Crippen LogP contribution >= 0.6 is 0 Å². The van der Waals surface area contributed by atoms with Gasteiger partial charge in [0.1, 0.15) is 6.04 Å². The number of carbonyl (C=O) groups is 1. The van der Waals surface area contributed by atoms with Gasteiger partial charge >= 0.3 is 0 Å². The number of nitriles is 1. The van der Waals surface area contributed by atoms with Crippen molar-refractivity contribution in [1.29, 1.82) is 5.26 Å². The molecule has 1 saturated heterocycles. The number of hydrogen-bond acceptors (Lipinski definition) is 3. The molecule has 0 saturated carbocycles. The standard InChI is InChI=1S/C13H23N3O/c1-3-10(4-2)12(15)8-13(17)16-7-5-6-11(16)9-14/h10-12H,3-8,15H2,1-2H3. The van der Waals surface area contributed by atoms with Crippen LogP contribution in [0.15, 0.2) is 0 Å². The van der Waals surface area contributed by atoms with Gasteiger partial charge in [-0.2, -0.15) is 5.26 Å². The number of nitrogens with two attached hydrogens (primary N) is 1. The fraction of sp³-hybridized carbons (Fsp3) is 0.846. The van der Waals surface area contributed by atoms with Crippen LogP contribution in [0.25, 0.3) is 0 Å². The van der Waals surface area contributed by atoms with E-state index in [0.29, 0.717) is 18.9 Å². The molecule has 1 fully saturated rings. The third-order valence-corrected chi connectivity index (χ3v) is 3.79. The van der Waals surface area contributed by atoms with Gasteiger partial charge in [-0.15, -0.1) is 0 Å². The monoisotopic (exact) mass is 237 g/mol.